The first-order valence-corrected chi connectivity index (χ1v) is 5.93. The Hall–Kier alpha value is -1.38. The molecular formula is C14H15ClN2. The third kappa shape index (κ3) is 2.65. The van der Waals surface area contributed by atoms with Crippen LogP contribution in [0, 0.1) is 6.92 Å². The molecule has 3 heteroatoms. The Morgan fingerprint density at radius 2 is 1.88 bits per heavy atom. The van der Waals surface area contributed by atoms with Crippen molar-refractivity contribution >= 4 is 11.6 Å². The Morgan fingerprint density at radius 3 is 2.47 bits per heavy atom. The molecule has 0 amide bonds. The van der Waals surface area contributed by atoms with Crippen LogP contribution in [0.3, 0.4) is 0 Å². The molecule has 1 atom stereocenters. The summed E-state index contributed by atoms with van der Waals surface area (Å²) in [6, 6.07) is 10.5. The second kappa shape index (κ2) is 5.30. The van der Waals surface area contributed by atoms with Crippen molar-refractivity contribution in [2.24, 2.45) is 0 Å². The number of hydrogen-bond acceptors (Lipinski definition) is 2. The molecule has 0 saturated heterocycles. The Labute approximate surface area is 107 Å². The number of nitrogens with zero attached hydrogens (tertiary/aromatic N) is 1. The molecule has 0 bridgehead atoms. The summed E-state index contributed by atoms with van der Waals surface area (Å²) in [4.78, 5) is 4.01. The Kier molecular flexibility index (Phi) is 3.77. The van der Waals surface area contributed by atoms with Crippen LogP contribution in [0.15, 0.2) is 42.7 Å². The zero-order valence-corrected chi connectivity index (χ0v) is 10.7. The van der Waals surface area contributed by atoms with Crippen LogP contribution in [0.1, 0.15) is 22.7 Å². The molecule has 0 fully saturated rings. The average Bonchev–Trinajstić information content (AvgIpc) is 2.35. The molecule has 0 saturated carbocycles. The first-order valence-electron chi connectivity index (χ1n) is 5.55. The molecule has 0 aliphatic carbocycles. The molecule has 1 heterocycles. The standard InChI is InChI=1S/C14H15ClN2/c1-10-3-5-11(6-4-10)14(16-2)12-7-8-17-9-13(12)15/h3-9,14,16H,1-2H3. The first-order chi connectivity index (χ1) is 8.22. The van der Waals surface area contributed by atoms with Gasteiger partial charge in [-0.1, -0.05) is 41.4 Å². The van der Waals surface area contributed by atoms with Crippen LogP contribution in [-0.2, 0) is 0 Å². The summed E-state index contributed by atoms with van der Waals surface area (Å²) < 4.78 is 0. The highest BCUT2D eigenvalue weighted by atomic mass is 35.5. The summed E-state index contributed by atoms with van der Waals surface area (Å²) in [5.74, 6) is 0. The van der Waals surface area contributed by atoms with Gasteiger partial charge in [-0.2, -0.15) is 0 Å². The number of pyridine rings is 1. The van der Waals surface area contributed by atoms with E-state index in [4.69, 9.17) is 11.6 Å². The Balaban J connectivity index is 2.40. The molecule has 88 valence electrons. The van der Waals surface area contributed by atoms with Gasteiger partial charge in [-0.3, -0.25) is 4.98 Å². The van der Waals surface area contributed by atoms with Crippen LogP contribution < -0.4 is 5.32 Å². The van der Waals surface area contributed by atoms with Crippen molar-refractivity contribution < 1.29 is 0 Å². The van der Waals surface area contributed by atoms with Gasteiger partial charge in [-0.25, -0.2) is 0 Å². The minimum Gasteiger partial charge on any atom is -0.309 e. The van der Waals surface area contributed by atoms with Gasteiger partial charge in [0.1, 0.15) is 0 Å². The van der Waals surface area contributed by atoms with Gasteiger partial charge in [0, 0.05) is 12.4 Å². The van der Waals surface area contributed by atoms with Crippen molar-refractivity contribution in [2.75, 3.05) is 7.05 Å². The highest BCUT2D eigenvalue weighted by molar-refractivity contribution is 6.31. The van der Waals surface area contributed by atoms with Crippen molar-refractivity contribution in [1.29, 1.82) is 0 Å². The molecule has 17 heavy (non-hydrogen) atoms. The minimum absolute atomic E-state index is 0.103. The maximum Gasteiger partial charge on any atom is 0.0640 e. The van der Waals surface area contributed by atoms with E-state index in [1.165, 1.54) is 11.1 Å². The van der Waals surface area contributed by atoms with Crippen molar-refractivity contribution in [2.45, 2.75) is 13.0 Å². The fraction of sp³-hybridized carbons (Fsp3) is 0.214. The van der Waals surface area contributed by atoms with E-state index in [0.717, 1.165) is 5.56 Å². The quantitative estimate of drug-likeness (QED) is 0.899. The summed E-state index contributed by atoms with van der Waals surface area (Å²) in [7, 11) is 1.93. The van der Waals surface area contributed by atoms with E-state index >= 15 is 0 Å². The number of rotatable bonds is 3. The molecule has 2 aromatic rings. The average molecular weight is 247 g/mol. The molecular weight excluding hydrogens is 232 g/mol. The molecule has 2 rings (SSSR count). The van der Waals surface area contributed by atoms with Gasteiger partial charge >= 0.3 is 0 Å². The van der Waals surface area contributed by atoms with Crippen LogP contribution in [0.5, 0.6) is 0 Å². The predicted molar refractivity (Wildman–Crippen MR) is 71.3 cm³/mol. The highest BCUT2D eigenvalue weighted by Gasteiger charge is 2.14. The number of halogens is 1. The summed E-state index contributed by atoms with van der Waals surface area (Å²) in [6.45, 7) is 2.08. The van der Waals surface area contributed by atoms with Crippen molar-refractivity contribution in [3.63, 3.8) is 0 Å². The lowest BCUT2D eigenvalue weighted by atomic mass is 9.99. The van der Waals surface area contributed by atoms with Crippen molar-refractivity contribution in [3.05, 3.63) is 64.4 Å². The maximum absolute atomic E-state index is 6.18. The van der Waals surface area contributed by atoms with E-state index in [0.29, 0.717) is 5.02 Å². The van der Waals surface area contributed by atoms with Crippen LogP contribution in [-0.4, -0.2) is 12.0 Å². The van der Waals surface area contributed by atoms with E-state index < -0.39 is 0 Å². The normalized spacial score (nSPS) is 12.4. The van der Waals surface area contributed by atoms with Gasteiger partial charge in [0.15, 0.2) is 0 Å². The zero-order chi connectivity index (χ0) is 12.3. The lowest BCUT2D eigenvalue weighted by molar-refractivity contribution is 0.691. The largest absolute Gasteiger partial charge is 0.309 e. The van der Waals surface area contributed by atoms with E-state index in [-0.39, 0.29) is 6.04 Å². The monoisotopic (exact) mass is 246 g/mol. The van der Waals surface area contributed by atoms with Gasteiger partial charge in [0.25, 0.3) is 0 Å². The number of hydrogen-bond donors (Lipinski definition) is 1. The lowest BCUT2D eigenvalue weighted by Crippen LogP contribution is -2.18. The predicted octanol–water partition coefficient (Wildman–Crippen LogP) is 3.35. The van der Waals surface area contributed by atoms with Crippen LogP contribution in [0.2, 0.25) is 5.02 Å². The molecule has 1 aromatic carbocycles. The fourth-order valence-corrected chi connectivity index (χ4v) is 2.11. The molecule has 0 radical (unpaired) electrons. The van der Waals surface area contributed by atoms with Gasteiger partial charge in [0.05, 0.1) is 11.1 Å². The molecule has 0 spiro atoms. The molecule has 0 aliphatic rings. The summed E-state index contributed by atoms with van der Waals surface area (Å²) in [6.07, 6.45) is 3.44. The maximum atomic E-state index is 6.18. The number of benzene rings is 1. The topological polar surface area (TPSA) is 24.9 Å². The van der Waals surface area contributed by atoms with Gasteiger partial charge in [0.2, 0.25) is 0 Å². The number of nitrogens with one attached hydrogen (secondary N) is 1. The number of aryl methyl sites for hydroxylation is 1. The Bertz CT molecular complexity index is 494. The van der Waals surface area contributed by atoms with Crippen molar-refractivity contribution in [3.8, 4) is 0 Å². The fourth-order valence-electron chi connectivity index (χ4n) is 1.88. The van der Waals surface area contributed by atoms with Gasteiger partial charge in [-0.05, 0) is 31.2 Å². The summed E-state index contributed by atoms with van der Waals surface area (Å²) in [5, 5.41) is 3.97. The molecule has 0 aliphatic heterocycles. The smallest absolute Gasteiger partial charge is 0.0640 e. The van der Waals surface area contributed by atoms with Crippen LogP contribution in [0.25, 0.3) is 0 Å². The van der Waals surface area contributed by atoms with Gasteiger partial charge in [-0.15, -0.1) is 0 Å². The van der Waals surface area contributed by atoms with E-state index in [1.54, 1.807) is 12.4 Å². The third-order valence-electron chi connectivity index (χ3n) is 2.81. The van der Waals surface area contributed by atoms with E-state index in [9.17, 15) is 0 Å². The van der Waals surface area contributed by atoms with E-state index in [1.807, 2.05) is 13.1 Å². The van der Waals surface area contributed by atoms with Crippen LogP contribution in [0.4, 0.5) is 0 Å². The minimum atomic E-state index is 0.103. The van der Waals surface area contributed by atoms with Gasteiger partial charge < -0.3 is 5.32 Å². The molecule has 2 nitrogen and oxygen atoms in total. The zero-order valence-electron chi connectivity index (χ0n) is 9.94. The summed E-state index contributed by atoms with van der Waals surface area (Å²) in [5.41, 5.74) is 3.50. The van der Waals surface area contributed by atoms with Crippen molar-refractivity contribution in [1.82, 2.24) is 10.3 Å². The second-order valence-corrected chi connectivity index (χ2v) is 4.44. The van der Waals surface area contributed by atoms with Crippen LogP contribution >= 0.6 is 11.6 Å². The SMILES string of the molecule is CNC(c1ccc(C)cc1)c1ccncc1Cl. The molecule has 1 aromatic heterocycles. The third-order valence-corrected chi connectivity index (χ3v) is 3.13. The highest BCUT2D eigenvalue weighted by Crippen LogP contribution is 2.27. The summed E-state index contributed by atoms with van der Waals surface area (Å²) >= 11 is 6.18. The number of aromatic nitrogens is 1. The second-order valence-electron chi connectivity index (χ2n) is 4.03. The van der Waals surface area contributed by atoms with E-state index in [2.05, 4.69) is 41.5 Å². The molecule has 1 N–H and O–H groups in total. The first kappa shape index (κ1) is 12.1. The lowest BCUT2D eigenvalue weighted by Gasteiger charge is -2.18. The molecule has 1 unspecified atom stereocenters. The Morgan fingerprint density at radius 1 is 1.18 bits per heavy atom.